The average Bonchev–Trinajstić information content (AvgIpc) is 2.67. The quantitative estimate of drug-likeness (QED) is 0.526. The fourth-order valence-electron chi connectivity index (χ4n) is 2.39. The molecule has 0 aliphatic carbocycles. The van der Waals surface area contributed by atoms with Gasteiger partial charge in [0.2, 0.25) is 0 Å². The fourth-order valence-corrected chi connectivity index (χ4v) is 2.69. The van der Waals surface area contributed by atoms with Gasteiger partial charge in [0.15, 0.2) is 18.1 Å². The van der Waals surface area contributed by atoms with Crippen LogP contribution in [0.2, 0.25) is 5.02 Å². The van der Waals surface area contributed by atoms with Crippen LogP contribution in [0.4, 0.5) is 5.69 Å². The molecule has 0 saturated carbocycles. The van der Waals surface area contributed by atoms with E-state index in [4.69, 9.17) is 25.8 Å². The van der Waals surface area contributed by atoms with Gasteiger partial charge in [0, 0.05) is 11.8 Å². The first-order valence-corrected chi connectivity index (χ1v) is 9.03. The van der Waals surface area contributed by atoms with Crippen LogP contribution in [0.15, 0.2) is 42.5 Å². The Morgan fingerprint density at radius 1 is 1.21 bits per heavy atom. The van der Waals surface area contributed by atoms with Crippen LogP contribution in [-0.4, -0.2) is 32.2 Å². The van der Waals surface area contributed by atoms with E-state index in [-0.39, 0.29) is 6.61 Å². The highest BCUT2D eigenvalue weighted by Crippen LogP contribution is 2.36. The molecule has 0 aliphatic heterocycles. The monoisotopic (exact) mass is 403 g/mol. The summed E-state index contributed by atoms with van der Waals surface area (Å²) >= 11 is 6.17. The van der Waals surface area contributed by atoms with E-state index in [1.165, 1.54) is 19.3 Å². The molecular formula is C21H22ClNO5. The van der Waals surface area contributed by atoms with Gasteiger partial charge in [-0.15, -0.1) is 0 Å². The van der Waals surface area contributed by atoms with Gasteiger partial charge < -0.3 is 19.5 Å². The summed E-state index contributed by atoms with van der Waals surface area (Å²) < 4.78 is 15.7. The molecule has 2 rings (SSSR count). The van der Waals surface area contributed by atoms with Gasteiger partial charge in [-0.1, -0.05) is 29.8 Å². The predicted molar refractivity (Wildman–Crippen MR) is 109 cm³/mol. The summed E-state index contributed by atoms with van der Waals surface area (Å²) in [6, 6.07) is 10.7. The summed E-state index contributed by atoms with van der Waals surface area (Å²) in [6.07, 6.45) is 2.74. The van der Waals surface area contributed by atoms with Gasteiger partial charge in [0.05, 0.1) is 18.7 Å². The second kappa shape index (κ2) is 10.4. The molecule has 0 bridgehead atoms. The Hall–Kier alpha value is -2.99. The summed E-state index contributed by atoms with van der Waals surface area (Å²) in [6.45, 7) is 3.78. The smallest absolute Gasteiger partial charge is 0.331 e. The third-order valence-corrected chi connectivity index (χ3v) is 3.99. The number of esters is 1. The molecule has 148 valence electrons. The van der Waals surface area contributed by atoms with Crippen LogP contribution >= 0.6 is 11.6 Å². The van der Waals surface area contributed by atoms with Crippen molar-refractivity contribution in [2.24, 2.45) is 0 Å². The second-order valence-electron chi connectivity index (χ2n) is 5.77. The van der Waals surface area contributed by atoms with E-state index in [1.54, 1.807) is 18.2 Å². The largest absolute Gasteiger partial charge is 0.491 e. The predicted octanol–water partition coefficient (Wildman–Crippen LogP) is 4.25. The van der Waals surface area contributed by atoms with Gasteiger partial charge >= 0.3 is 5.97 Å². The minimum Gasteiger partial charge on any atom is -0.491 e. The maximum atomic E-state index is 11.9. The Morgan fingerprint density at radius 3 is 2.64 bits per heavy atom. The SMILES string of the molecule is CCOc1cc(/C=C/C(=O)OCC(=O)Nc2ccccc2C)cc(Cl)c1OC. The molecule has 0 fully saturated rings. The van der Waals surface area contributed by atoms with Gasteiger partial charge in [-0.3, -0.25) is 4.79 Å². The molecule has 28 heavy (non-hydrogen) atoms. The highest BCUT2D eigenvalue weighted by atomic mass is 35.5. The topological polar surface area (TPSA) is 73.9 Å². The van der Waals surface area contributed by atoms with Crippen LogP contribution in [0.25, 0.3) is 6.08 Å². The number of hydrogen-bond acceptors (Lipinski definition) is 5. The number of para-hydroxylation sites is 1. The standard InChI is InChI=1S/C21H22ClNO5/c1-4-27-18-12-15(11-16(22)21(18)26-3)9-10-20(25)28-13-19(24)23-17-8-6-5-7-14(17)2/h5-12H,4,13H2,1-3H3,(H,23,24)/b10-9+. The summed E-state index contributed by atoms with van der Waals surface area (Å²) in [7, 11) is 1.50. The number of amides is 1. The van der Waals surface area contributed by atoms with Crippen molar-refractivity contribution in [2.75, 3.05) is 25.6 Å². The normalized spacial score (nSPS) is 10.6. The molecule has 0 aromatic heterocycles. The summed E-state index contributed by atoms with van der Waals surface area (Å²) in [5.74, 6) is -0.161. The number of ether oxygens (including phenoxy) is 3. The van der Waals surface area contributed by atoms with Crippen molar-refractivity contribution < 1.29 is 23.8 Å². The Kier molecular flexibility index (Phi) is 7.89. The van der Waals surface area contributed by atoms with Crippen molar-refractivity contribution in [3.8, 4) is 11.5 Å². The first-order valence-electron chi connectivity index (χ1n) is 8.65. The van der Waals surface area contributed by atoms with Gasteiger partial charge in [0.25, 0.3) is 5.91 Å². The van der Waals surface area contributed by atoms with Gasteiger partial charge in [-0.25, -0.2) is 4.79 Å². The molecular weight excluding hydrogens is 382 g/mol. The lowest BCUT2D eigenvalue weighted by Crippen LogP contribution is -2.20. The van der Waals surface area contributed by atoms with Crippen LogP contribution in [0.1, 0.15) is 18.1 Å². The number of aryl methyl sites for hydroxylation is 1. The zero-order chi connectivity index (χ0) is 20.5. The maximum absolute atomic E-state index is 11.9. The molecule has 0 saturated heterocycles. The zero-order valence-corrected chi connectivity index (χ0v) is 16.7. The van der Waals surface area contributed by atoms with Crippen LogP contribution in [-0.2, 0) is 14.3 Å². The van der Waals surface area contributed by atoms with Gasteiger partial charge in [-0.2, -0.15) is 0 Å². The lowest BCUT2D eigenvalue weighted by molar-refractivity contribution is -0.142. The van der Waals surface area contributed by atoms with Crippen LogP contribution in [0.3, 0.4) is 0 Å². The Labute approximate surface area is 169 Å². The fraction of sp³-hybridized carbons (Fsp3) is 0.238. The van der Waals surface area contributed by atoms with E-state index in [0.29, 0.717) is 34.4 Å². The number of rotatable bonds is 8. The van der Waals surface area contributed by atoms with E-state index in [0.717, 1.165) is 5.56 Å². The molecule has 2 aromatic carbocycles. The molecule has 2 aromatic rings. The van der Waals surface area contributed by atoms with Crippen molar-refractivity contribution in [3.05, 3.63) is 58.6 Å². The van der Waals surface area contributed by atoms with Crippen LogP contribution < -0.4 is 14.8 Å². The molecule has 0 aliphatic rings. The number of anilines is 1. The number of carbonyl (C=O) groups is 2. The molecule has 7 heteroatoms. The lowest BCUT2D eigenvalue weighted by atomic mass is 10.2. The highest BCUT2D eigenvalue weighted by molar-refractivity contribution is 6.32. The van der Waals surface area contributed by atoms with Gasteiger partial charge in [0.1, 0.15) is 0 Å². The van der Waals surface area contributed by atoms with Crippen molar-refractivity contribution in [1.29, 1.82) is 0 Å². The minimum atomic E-state index is -0.648. The Morgan fingerprint density at radius 2 is 1.96 bits per heavy atom. The number of halogens is 1. The summed E-state index contributed by atoms with van der Waals surface area (Å²) in [5.41, 5.74) is 2.23. The molecule has 0 heterocycles. The van der Waals surface area contributed by atoms with Crippen LogP contribution in [0, 0.1) is 6.92 Å². The number of carbonyl (C=O) groups excluding carboxylic acids is 2. The van der Waals surface area contributed by atoms with Gasteiger partial charge in [-0.05, 0) is 49.2 Å². The highest BCUT2D eigenvalue weighted by Gasteiger charge is 2.11. The third-order valence-electron chi connectivity index (χ3n) is 3.71. The van der Waals surface area contributed by atoms with Crippen molar-refractivity contribution in [1.82, 2.24) is 0 Å². The van der Waals surface area contributed by atoms with Crippen molar-refractivity contribution in [3.63, 3.8) is 0 Å². The first kappa shape index (κ1) is 21.3. The third kappa shape index (κ3) is 6.03. The molecule has 1 amide bonds. The van der Waals surface area contributed by atoms with E-state index < -0.39 is 11.9 Å². The number of nitrogens with one attached hydrogen (secondary N) is 1. The molecule has 0 atom stereocenters. The molecule has 0 unspecified atom stereocenters. The van der Waals surface area contributed by atoms with E-state index in [9.17, 15) is 9.59 Å². The van der Waals surface area contributed by atoms with E-state index in [2.05, 4.69) is 5.32 Å². The first-order chi connectivity index (χ1) is 13.4. The molecule has 0 radical (unpaired) electrons. The van der Waals surface area contributed by atoms with Crippen molar-refractivity contribution >= 4 is 35.2 Å². The van der Waals surface area contributed by atoms with E-state index >= 15 is 0 Å². The maximum Gasteiger partial charge on any atom is 0.331 e. The minimum absolute atomic E-state index is 0.360. The number of benzene rings is 2. The average molecular weight is 404 g/mol. The molecule has 1 N–H and O–H groups in total. The Balaban J connectivity index is 1.94. The number of hydrogen-bond donors (Lipinski definition) is 1. The molecule has 6 nitrogen and oxygen atoms in total. The Bertz CT molecular complexity index is 879. The second-order valence-corrected chi connectivity index (χ2v) is 6.18. The summed E-state index contributed by atoms with van der Waals surface area (Å²) in [5, 5.41) is 3.05. The molecule has 0 spiro atoms. The zero-order valence-electron chi connectivity index (χ0n) is 16.0. The number of methoxy groups -OCH3 is 1. The van der Waals surface area contributed by atoms with Crippen LogP contribution in [0.5, 0.6) is 11.5 Å². The summed E-state index contributed by atoms with van der Waals surface area (Å²) in [4.78, 5) is 23.8. The lowest BCUT2D eigenvalue weighted by Gasteiger charge is -2.11. The van der Waals surface area contributed by atoms with Crippen molar-refractivity contribution in [2.45, 2.75) is 13.8 Å². The van der Waals surface area contributed by atoms with E-state index in [1.807, 2.05) is 32.0 Å².